The zero-order valence-electron chi connectivity index (χ0n) is 15.0. The Bertz CT molecular complexity index is 882. The quantitative estimate of drug-likeness (QED) is 0.874. The molecule has 2 heterocycles. The Kier molecular flexibility index (Phi) is 5.37. The summed E-state index contributed by atoms with van der Waals surface area (Å²) in [5, 5.41) is 3.81. The van der Waals surface area contributed by atoms with Crippen LogP contribution in [0.5, 0.6) is 0 Å². The van der Waals surface area contributed by atoms with Crippen LogP contribution in [0, 0.1) is 5.92 Å². The third kappa shape index (κ3) is 3.94. The number of methoxy groups -OCH3 is 1. The van der Waals surface area contributed by atoms with Gasteiger partial charge in [-0.2, -0.15) is 0 Å². The Morgan fingerprint density at radius 2 is 2.00 bits per heavy atom. The second-order valence-corrected chi connectivity index (χ2v) is 6.62. The number of ether oxygens (including phenoxy) is 1. The van der Waals surface area contributed by atoms with E-state index in [1.165, 1.54) is 6.07 Å². The minimum atomic E-state index is -0.204. The van der Waals surface area contributed by atoms with Crippen molar-refractivity contribution in [3.8, 4) is 0 Å². The number of hydrogen-bond donors (Lipinski definition) is 2. The van der Waals surface area contributed by atoms with Gasteiger partial charge >= 0.3 is 0 Å². The van der Waals surface area contributed by atoms with Crippen molar-refractivity contribution >= 4 is 28.4 Å². The maximum absolute atomic E-state index is 12.5. The zero-order valence-corrected chi connectivity index (χ0v) is 15.0. The molecule has 0 atom stereocenters. The summed E-state index contributed by atoms with van der Waals surface area (Å²) in [4.78, 5) is 40.3. The third-order valence-electron chi connectivity index (χ3n) is 4.81. The Labute approximate surface area is 151 Å². The molecule has 0 aliphatic carbocycles. The van der Waals surface area contributed by atoms with Crippen LogP contribution in [0.1, 0.15) is 25.3 Å². The van der Waals surface area contributed by atoms with E-state index in [4.69, 9.17) is 4.74 Å². The number of benzene rings is 1. The molecule has 1 aliphatic rings. The molecule has 26 heavy (non-hydrogen) atoms. The number of aromatic nitrogens is 1. The van der Waals surface area contributed by atoms with Crippen LogP contribution in [0.2, 0.25) is 0 Å². The maximum atomic E-state index is 12.5. The maximum Gasteiger partial charge on any atom is 0.248 e. The van der Waals surface area contributed by atoms with Crippen molar-refractivity contribution in [2.75, 3.05) is 25.5 Å². The number of carbonyl (C=O) groups excluding carboxylic acids is 2. The number of anilines is 1. The molecule has 1 saturated heterocycles. The monoisotopic (exact) mass is 357 g/mol. The van der Waals surface area contributed by atoms with Gasteiger partial charge < -0.3 is 19.9 Å². The van der Waals surface area contributed by atoms with Crippen LogP contribution in [0.15, 0.2) is 29.1 Å². The highest BCUT2D eigenvalue weighted by molar-refractivity contribution is 5.95. The van der Waals surface area contributed by atoms with Gasteiger partial charge in [-0.15, -0.1) is 0 Å². The molecular weight excluding hydrogens is 334 g/mol. The summed E-state index contributed by atoms with van der Waals surface area (Å²) in [5.41, 5.74) is 1.90. The van der Waals surface area contributed by atoms with Gasteiger partial charge in [0.25, 0.3) is 0 Å². The number of nitrogens with one attached hydrogen (secondary N) is 2. The molecule has 7 heteroatoms. The summed E-state index contributed by atoms with van der Waals surface area (Å²) in [6, 6.07) is 6.97. The topological polar surface area (TPSA) is 91.5 Å². The van der Waals surface area contributed by atoms with Gasteiger partial charge in [0, 0.05) is 50.2 Å². The largest absolute Gasteiger partial charge is 0.380 e. The minimum Gasteiger partial charge on any atom is -0.380 e. The van der Waals surface area contributed by atoms with Gasteiger partial charge in [-0.05, 0) is 30.5 Å². The number of carbonyl (C=O) groups is 2. The molecule has 7 nitrogen and oxygen atoms in total. The van der Waals surface area contributed by atoms with Crippen LogP contribution in [-0.4, -0.2) is 41.9 Å². The van der Waals surface area contributed by atoms with Crippen LogP contribution < -0.4 is 10.9 Å². The summed E-state index contributed by atoms with van der Waals surface area (Å²) in [6.45, 7) is 3.12. The van der Waals surface area contributed by atoms with Crippen LogP contribution >= 0.6 is 0 Å². The fraction of sp³-hybridized carbons (Fsp3) is 0.421. The summed E-state index contributed by atoms with van der Waals surface area (Å²) < 4.78 is 5.14. The number of aromatic amines is 1. The molecule has 2 amide bonds. The summed E-state index contributed by atoms with van der Waals surface area (Å²) >= 11 is 0. The highest BCUT2D eigenvalue weighted by atomic mass is 16.5. The zero-order chi connectivity index (χ0) is 18.7. The van der Waals surface area contributed by atoms with Gasteiger partial charge in [0.1, 0.15) is 0 Å². The second kappa shape index (κ2) is 7.70. The molecular formula is C19H23N3O4. The van der Waals surface area contributed by atoms with Crippen LogP contribution in [0.3, 0.4) is 0 Å². The summed E-state index contributed by atoms with van der Waals surface area (Å²) in [7, 11) is 1.58. The number of likely N-dealkylation sites (tertiary alicyclic amines) is 1. The lowest BCUT2D eigenvalue weighted by Crippen LogP contribution is -2.40. The van der Waals surface area contributed by atoms with Crippen molar-refractivity contribution in [2.24, 2.45) is 5.92 Å². The number of pyridine rings is 1. The van der Waals surface area contributed by atoms with E-state index in [0.29, 0.717) is 43.7 Å². The SMILES string of the molecule is COCc1cc(=O)[nH]c2cc(NC(=O)C3CCN(C(C)=O)CC3)ccc12. The third-order valence-corrected chi connectivity index (χ3v) is 4.81. The van der Waals surface area contributed by atoms with Crippen molar-refractivity contribution in [3.63, 3.8) is 0 Å². The van der Waals surface area contributed by atoms with E-state index in [-0.39, 0.29) is 23.3 Å². The molecule has 2 N–H and O–H groups in total. The van der Waals surface area contributed by atoms with Gasteiger partial charge in [-0.1, -0.05) is 6.07 Å². The molecule has 2 aromatic rings. The molecule has 3 rings (SSSR count). The second-order valence-electron chi connectivity index (χ2n) is 6.62. The molecule has 1 aromatic carbocycles. The highest BCUT2D eigenvalue weighted by Gasteiger charge is 2.26. The van der Waals surface area contributed by atoms with Gasteiger partial charge in [0.15, 0.2) is 0 Å². The normalized spacial score (nSPS) is 15.2. The number of piperidine rings is 1. The van der Waals surface area contributed by atoms with Crippen LogP contribution in [-0.2, 0) is 20.9 Å². The van der Waals surface area contributed by atoms with Gasteiger partial charge in [0.2, 0.25) is 17.4 Å². The molecule has 0 unspecified atom stereocenters. The average molecular weight is 357 g/mol. The minimum absolute atomic E-state index is 0.0502. The lowest BCUT2D eigenvalue weighted by atomic mass is 9.95. The number of amides is 2. The Balaban J connectivity index is 1.74. The van der Waals surface area contributed by atoms with Crippen molar-refractivity contribution < 1.29 is 14.3 Å². The molecule has 1 aromatic heterocycles. The fourth-order valence-corrected chi connectivity index (χ4v) is 3.39. The van der Waals surface area contributed by atoms with Gasteiger partial charge in [-0.25, -0.2) is 0 Å². The standard InChI is InChI=1S/C19H23N3O4/c1-12(23)22-7-5-13(6-8-22)19(25)20-15-3-4-16-14(11-26-2)9-18(24)21-17(16)10-15/h3-4,9-10,13H,5-8,11H2,1-2H3,(H,20,25)(H,21,24). The molecule has 0 spiro atoms. The predicted octanol–water partition coefficient (Wildman–Crippen LogP) is 1.87. The predicted molar refractivity (Wildman–Crippen MR) is 98.9 cm³/mol. The van der Waals surface area contributed by atoms with Crippen molar-refractivity contribution in [3.05, 3.63) is 40.2 Å². The number of hydrogen-bond acceptors (Lipinski definition) is 4. The van der Waals surface area contributed by atoms with E-state index < -0.39 is 0 Å². The molecule has 138 valence electrons. The van der Waals surface area contributed by atoms with E-state index in [2.05, 4.69) is 10.3 Å². The van der Waals surface area contributed by atoms with Crippen molar-refractivity contribution in [2.45, 2.75) is 26.4 Å². The molecule has 0 bridgehead atoms. The van der Waals surface area contributed by atoms with E-state index >= 15 is 0 Å². The fourth-order valence-electron chi connectivity index (χ4n) is 3.39. The van der Waals surface area contributed by atoms with E-state index in [9.17, 15) is 14.4 Å². The summed E-state index contributed by atoms with van der Waals surface area (Å²) in [5.74, 6) is -0.114. The highest BCUT2D eigenvalue weighted by Crippen LogP contribution is 2.23. The lowest BCUT2D eigenvalue weighted by molar-refractivity contribution is -0.132. The van der Waals surface area contributed by atoms with Gasteiger partial charge in [-0.3, -0.25) is 14.4 Å². The first-order valence-electron chi connectivity index (χ1n) is 8.69. The first-order valence-corrected chi connectivity index (χ1v) is 8.69. The number of fused-ring (bicyclic) bond motifs is 1. The van der Waals surface area contributed by atoms with E-state index in [1.807, 2.05) is 12.1 Å². The van der Waals surface area contributed by atoms with Crippen LogP contribution in [0.25, 0.3) is 10.9 Å². The average Bonchev–Trinajstić information content (AvgIpc) is 2.61. The van der Waals surface area contributed by atoms with Crippen molar-refractivity contribution in [1.29, 1.82) is 0 Å². The number of rotatable bonds is 4. The summed E-state index contributed by atoms with van der Waals surface area (Å²) in [6.07, 6.45) is 1.32. The molecule has 1 aliphatic heterocycles. The van der Waals surface area contributed by atoms with Gasteiger partial charge in [0.05, 0.1) is 12.1 Å². The molecule has 1 fully saturated rings. The lowest BCUT2D eigenvalue weighted by Gasteiger charge is -2.30. The van der Waals surface area contributed by atoms with E-state index in [0.717, 1.165) is 10.9 Å². The molecule has 0 saturated carbocycles. The smallest absolute Gasteiger partial charge is 0.248 e. The van der Waals surface area contributed by atoms with E-state index in [1.54, 1.807) is 25.0 Å². The number of nitrogens with zero attached hydrogens (tertiary/aromatic N) is 1. The Hall–Kier alpha value is -2.67. The first kappa shape index (κ1) is 18.1. The first-order chi connectivity index (χ1) is 12.5. The Morgan fingerprint density at radius 3 is 2.65 bits per heavy atom. The van der Waals surface area contributed by atoms with Crippen molar-refractivity contribution in [1.82, 2.24) is 9.88 Å². The number of H-pyrrole nitrogens is 1. The van der Waals surface area contributed by atoms with Crippen LogP contribution in [0.4, 0.5) is 5.69 Å². The molecule has 0 radical (unpaired) electrons. The Morgan fingerprint density at radius 1 is 1.27 bits per heavy atom.